The lowest BCUT2D eigenvalue weighted by atomic mass is 10.1. The number of unbranched alkanes of at least 4 members (excludes halogenated alkanes) is 13. The standard InChI is InChI=1S/2C11H22O2/c1-3-4-5-6-7-8-9-10-13-11(2)12;1-2-3-4-5-6-7-8-9-10-11(12)13/h3-10H2,1-2H3;2-10H2,1H3,(H,12,13). The van der Waals surface area contributed by atoms with Gasteiger partial charge in [0.1, 0.15) is 0 Å². The molecule has 0 saturated carbocycles. The van der Waals surface area contributed by atoms with Crippen molar-refractivity contribution in [1.82, 2.24) is 0 Å². The second-order valence-corrected chi connectivity index (χ2v) is 7.08. The van der Waals surface area contributed by atoms with Crippen LogP contribution >= 0.6 is 0 Å². The fourth-order valence-electron chi connectivity index (χ4n) is 2.69. The molecule has 4 heteroatoms. The van der Waals surface area contributed by atoms with Crippen LogP contribution < -0.4 is 0 Å². The SMILES string of the molecule is CCCCCCCCCCC(=O)O.CCCCCCCCCOC(C)=O. The summed E-state index contributed by atoms with van der Waals surface area (Å²) in [5, 5.41) is 8.39. The highest BCUT2D eigenvalue weighted by molar-refractivity contribution is 5.66. The maximum Gasteiger partial charge on any atom is 0.303 e. The number of esters is 1. The molecule has 0 fully saturated rings. The molecule has 26 heavy (non-hydrogen) atoms. The number of aliphatic carboxylic acids is 1. The predicted molar refractivity (Wildman–Crippen MR) is 109 cm³/mol. The van der Waals surface area contributed by atoms with Gasteiger partial charge in [0.25, 0.3) is 0 Å². The summed E-state index contributed by atoms with van der Waals surface area (Å²) in [5.41, 5.74) is 0. The Morgan fingerprint density at radius 2 is 1.04 bits per heavy atom. The molecule has 0 radical (unpaired) electrons. The van der Waals surface area contributed by atoms with E-state index in [1.807, 2.05) is 0 Å². The van der Waals surface area contributed by atoms with Crippen LogP contribution in [0.5, 0.6) is 0 Å². The Balaban J connectivity index is 0. The van der Waals surface area contributed by atoms with E-state index in [9.17, 15) is 9.59 Å². The summed E-state index contributed by atoms with van der Waals surface area (Å²) in [6.07, 6.45) is 18.9. The van der Waals surface area contributed by atoms with Crippen molar-refractivity contribution in [3.05, 3.63) is 0 Å². The van der Waals surface area contributed by atoms with Crippen molar-refractivity contribution >= 4 is 11.9 Å². The average Bonchev–Trinajstić information content (AvgIpc) is 2.60. The van der Waals surface area contributed by atoms with Crippen LogP contribution in [0.1, 0.15) is 124 Å². The van der Waals surface area contributed by atoms with Gasteiger partial charge in [0.05, 0.1) is 6.61 Å². The third-order valence-electron chi connectivity index (χ3n) is 4.30. The molecule has 156 valence electrons. The van der Waals surface area contributed by atoms with Gasteiger partial charge in [-0.05, 0) is 12.8 Å². The van der Waals surface area contributed by atoms with Crippen LogP contribution in [0.3, 0.4) is 0 Å². The highest BCUT2D eigenvalue weighted by Gasteiger charge is 1.96. The molecule has 0 spiro atoms. The summed E-state index contributed by atoms with van der Waals surface area (Å²) in [7, 11) is 0. The number of carbonyl (C=O) groups is 2. The van der Waals surface area contributed by atoms with E-state index < -0.39 is 5.97 Å². The zero-order valence-electron chi connectivity index (χ0n) is 17.7. The summed E-state index contributed by atoms with van der Waals surface area (Å²) in [4.78, 5) is 20.6. The van der Waals surface area contributed by atoms with Crippen molar-refractivity contribution in [1.29, 1.82) is 0 Å². The second kappa shape index (κ2) is 23.9. The van der Waals surface area contributed by atoms with E-state index in [0.717, 1.165) is 19.3 Å². The Bertz CT molecular complexity index is 273. The third kappa shape index (κ3) is 30.8. The number of carboxylic acid groups (broad SMARTS) is 1. The topological polar surface area (TPSA) is 63.6 Å². The van der Waals surface area contributed by atoms with Crippen molar-refractivity contribution in [2.75, 3.05) is 6.61 Å². The Morgan fingerprint density at radius 1 is 0.654 bits per heavy atom. The van der Waals surface area contributed by atoms with E-state index in [2.05, 4.69) is 13.8 Å². The van der Waals surface area contributed by atoms with E-state index in [1.54, 1.807) is 0 Å². The smallest absolute Gasteiger partial charge is 0.303 e. The van der Waals surface area contributed by atoms with Gasteiger partial charge >= 0.3 is 11.9 Å². The van der Waals surface area contributed by atoms with Gasteiger partial charge in [0, 0.05) is 13.3 Å². The van der Waals surface area contributed by atoms with Crippen LogP contribution in [0.4, 0.5) is 0 Å². The third-order valence-corrected chi connectivity index (χ3v) is 4.30. The molecule has 0 aromatic heterocycles. The van der Waals surface area contributed by atoms with Crippen LogP contribution in [-0.4, -0.2) is 23.7 Å². The molecule has 0 aliphatic carbocycles. The first kappa shape index (κ1) is 27.2. The number of ether oxygens (including phenoxy) is 1. The number of carbonyl (C=O) groups excluding carboxylic acids is 1. The molecule has 0 aliphatic rings. The lowest BCUT2D eigenvalue weighted by Gasteiger charge is -2.01. The summed E-state index contributed by atoms with van der Waals surface area (Å²) in [6, 6.07) is 0. The van der Waals surface area contributed by atoms with Gasteiger partial charge < -0.3 is 9.84 Å². The zero-order valence-corrected chi connectivity index (χ0v) is 17.7. The number of carboxylic acids is 1. The summed E-state index contributed by atoms with van der Waals surface area (Å²) in [6.45, 7) is 6.50. The molecule has 0 aliphatic heterocycles. The molecule has 0 rings (SSSR count). The number of hydrogen-bond acceptors (Lipinski definition) is 3. The molecule has 0 aromatic carbocycles. The molecular weight excluding hydrogens is 328 g/mol. The van der Waals surface area contributed by atoms with Crippen LogP contribution in [0.25, 0.3) is 0 Å². The highest BCUT2D eigenvalue weighted by atomic mass is 16.5. The molecule has 0 amide bonds. The largest absolute Gasteiger partial charge is 0.481 e. The fourth-order valence-corrected chi connectivity index (χ4v) is 2.69. The quantitative estimate of drug-likeness (QED) is 0.223. The first-order valence-electron chi connectivity index (χ1n) is 10.9. The van der Waals surface area contributed by atoms with Crippen LogP contribution in [0.2, 0.25) is 0 Å². The normalized spacial score (nSPS) is 10.1. The fraction of sp³-hybridized carbons (Fsp3) is 0.909. The first-order valence-corrected chi connectivity index (χ1v) is 10.9. The molecule has 0 bridgehead atoms. The Morgan fingerprint density at radius 3 is 1.42 bits per heavy atom. The van der Waals surface area contributed by atoms with E-state index >= 15 is 0 Å². The van der Waals surface area contributed by atoms with Crippen molar-refractivity contribution in [2.45, 2.75) is 124 Å². The summed E-state index contributed by atoms with van der Waals surface area (Å²) in [5.74, 6) is -0.822. The van der Waals surface area contributed by atoms with E-state index in [-0.39, 0.29) is 5.97 Å². The van der Waals surface area contributed by atoms with E-state index in [4.69, 9.17) is 9.84 Å². The van der Waals surface area contributed by atoms with Gasteiger partial charge in [0.2, 0.25) is 0 Å². The van der Waals surface area contributed by atoms with Gasteiger partial charge in [-0.15, -0.1) is 0 Å². The number of hydrogen-bond donors (Lipinski definition) is 1. The van der Waals surface area contributed by atoms with Crippen molar-refractivity contribution in [3.8, 4) is 0 Å². The van der Waals surface area contributed by atoms with Crippen molar-refractivity contribution in [2.24, 2.45) is 0 Å². The van der Waals surface area contributed by atoms with Gasteiger partial charge in [-0.3, -0.25) is 9.59 Å². The Hall–Kier alpha value is -1.06. The Labute approximate surface area is 162 Å². The van der Waals surface area contributed by atoms with Gasteiger partial charge in [-0.1, -0.05) is 97.3 Å². The lowest BCUT2D eigenvalue weighted by molar-refractivity contribution is -0.141. The molecule has 0 atom stereocenters. The molecule has 1 N–H and O–H groups in total. The lowest BCUT2D eigenvalue weighted by Crippen LogP contribution is -1.99. The van der Waals surface area contributed by atoms with Gasteiger partial charge in [0.15, 0.2) is 0 Å². The van der Waals surface area contributed by atoms with Crippen LogP contribution in [0, 0.1) is 0 Å². The van der Waals surface area contributed by atoms with Gasteiger partial charge in [-0.2, -0.15) is 0 Å². The average molecular weight is 373 g/mol. The van der Waals surface area contributed by atoms with E-state index in [0.29, 0.717) is 13.0 Å². The van der Waals surface area contributed by atoms with Crippen molar-refractivity contribution in [3.63, 3.8) is 0 Å². The van der Waals surface area contributed by atoms with Crippen molar-refractivity contribution < 1.29 is 19.4 Å². The highest BCUT2D eigenvalue weighted by Crippen LogP contribution is 2.09. The van der Waals surface area contributed by atoms with Crippen LogP contribution in [-0.2, 0) is 14.3 Å². The minimum atomic E-state index is -0.661. The summed E-state index contributed by atoms with van der Waals surface area (Å²) < 4.78 is 4.83. The first-order chi connectivity index (χ1) is 12.5. The molecule has 0 unspecified atom stereocenters. The molecule has 0 aromatic rings. The summed E-state index contributed by atoms with van der Waals surface area (Å²) >= 11 is 0. The van der Waals surface area contributed by atoms with Gasteiger partial charge in [-0.25, -0.2) is 0 Å². The Kier molecular flexibility index (Phi) is 25.0. The molecular formula is C22H44O4. The van der Waals surface area contributed by atoms with E-state index in [1.165, 1.54) is 84.0 Å². The van der Waals surface area contributed by atoms with Crippen LogP contribution in [0.15, 0.2) is 0 Å². The second-order valence-electron chi connectivity index (χ2n) is 7.08. The maximum atomic E-state index is 10.4. The zero-order chi connectivity index (χ0) is 19.9. The molecule has 4 nitrogen and oxygen atoms in total. The molecule has 0 saturated heterocycles. The maximum absolute atomic E-state index is 10.4. The minimum absolute atomic E-state index is 0.161. The monoisotopic (exact) mass is 372 g/mol. The predicted octanol–water partition coefficient (Wildman–Crippen LogP) is 6.90. The number of rotatable bonds is 17. The minimum Gasteiger partial charge on any atom is -0.481 e. The molecule has 0 heterocycles.